The van der Waals surface area contributed by atoms with Gasteiger partial charge in [0.15, 0.2) is 0 Å². The van der Waals surface area contributed by atoms with Crippen molar-refractivity contribution in [3.63, 3.8) is 0 Å². The standard InChI is InChI=1S/C27H33N3O4/c1-21-9-7-8-12-25(21)28-27(32)30(17-18-33-3)20-26(31)29(19-24-14-13-22(2)34-24)16-15-23-10-5-4-6-11-23/h4-14H,15-20H2,1-3H3,(H,28,32). The lowest BCUT2D eigenvalue weighted by molar-refractivity contribution is -0.132. The van der Waals surface area contributed by atoms with Gasteiger partial charge in [0.1, 0.15) is 18.1 Å². The zero-order valence-corrected chi connectivity index (χ0v) is 20.1. The molecule has 1 heterocycles. The summed E-state index contributed by atoms with van der Waals surface area (Å²) in [5.41, 5.74) is 2.81. The second-order valence-corrected chi connectivity index (χ2v) is 8.22. The molecule has 0 radical (unpaired) electrons. The normalized spacial score (nSPS) is 10.7. The minimum Gasteiger partial charge on any atom is -0.464 e. The fraction of sp³-hybridized carbons (Fsp3) is 0.333. The number of para-hydroxylation sites is 1. The van der Waals surface area contributed by atoms with Crippen molar-refractivity contribution >= 4 is 17.6 Å². The lowest BCUT2D eigenvalue weighted by atomic mass is 10.1. The van der Waals surface area contributed by atoms with Crippen molar-refractivity contribution in [2.24, 2.45) is 0 Å². The van der Waals surface area contributed by atoms with Crippen molar-refractivity contribution in [2.75, 3.05) is 38.7 Å². The first-order valence-corrected chi connectivity index (χ1v) is 11.4. The summed E-state index contributed by atoms with van der Waals surface area (Å²) in [6, 6.07) is 21.0. The molecule has 0 aliphatic heterocycles. The summed E-state index contributed by atoms with van der Waals surface area (Å²) < 4.78 is 10.9. The van der Waals surface area contributed by atoms with Crippen LogP contribution in [0.25, 0.3) is 0 Å². The number of anilines is 1. The molecule has 7 nitrogen and oxygen atoms in total. The number of hydrogen-bond acceptors (Lipinski definition) is 4. The Morgan fingerprint density at radius 2 is 1.65 bits per heavy atom. The number of methoxy groups -OCH3 is 1. The summed E-state index contributed by atoms with van der Waals surface area (Å²) in [4.78, 5) is 29.7. The number of nitrogens with zero attached hydrogens (tertiary/aromatic N) is 2. The molecule has 0 spiro atoms. The van der Waals surface area contributed by atoms with Gasteiger partial charge in [0.2, 0.25) is 5.91 Å². The van der Waals surface area contributed by atoms with Crippen molar-refractivity contribution in [1.29, 1.82) is 0 Å². The minimum absolute atomic E-state index is 0.0600. The minimum atomic E-state index is -0.337. The van der Waals surface area contributed by atoms with E-state index in [-0.39, 0.29) is 18.5 Å². The predicted molar refractivity (Wildman–Crippen MR) is 133 cm³/mol. The summed E-state index contributed by atoms with van der Waals surface area (Å²) in [5.74, 6) is 1.36. The quantitative estimate of drug-likeness (QED) is 0.449. The number of ether oxygens (including phenoxy) is 1. The SMILES string of the molecule is COCCN(CC(=O)N(CCc1ccccc1)Cc1ccc(C)o1)C(=O)Nc1ccccc1C. The van der Waals surface area contributed by atoms with Crippen molar-refractivity contribution in [2.45, 2.75) is 26.8 Å². The molecule has 0 aliphatic carbocycles. The Bertz CT molecular complexity index is 1060. The number of aryl methyl sites for hydroxylation is 2. The van der Waals surface area contributed by atoms with Gasteiger partial charge in [0.05, 0.1) is 13.2 Å². The van der Waals surface area contributed by atoms with Gasteiger partial charge in [-0.05, 0) is 49.6 Å². The molecular weight excluding hydrogens is 430 g/mol. The van der Waals surface area contributed by atoms with E-state index in [0.717, 1.165) is 22.6 Å². The Kier molecular flexibility index (Phi) is 9.29. The van der Waals surface area contributed by atoms with Crippen LogP contribution in [0.3, 0.4) is 0 Å². The third-order valence-corrected chi connectivity index (χ3v) is 5.57. The van der Waals surface area contributed by atoms with Crippen LogP contribution >= 0.6 is 0 Å². The van der Waals surface area contributed by atoms with Crippen LogP contribution in [0.5, 0.6) is 0 Å². The van der Waals surface area contributed by atoms with E-state index in [2.05, 4.69) is 5.32 Å². The summed E-state index contributed by atoms with van der Waals surface area (Å²) in [6.07, 6.45) is 0.708. The second-order valence-electron chi connectivity index (χ2n) is 8.22. The van der Waals surface area contributed by atoms with Crippen molar-refractivity contribution < 1.29 is 18.7 Å². The number of amides is 3. The zero-order valence-electron chi connectivity index (χ0n) is 20.1. The maximum atomic E-state index is 13.4. The van der Waals surface area contributed by atoms with Gasteiger partial charge < -0.3 is 24.3 Å². The van der Waals surface area contributed by atoms with Crippen LogP contribution in [-0.2, 0) is 22.5 Å². The van der Waals surface area contributed by atoms with E-state index >= 15 is 0 Å². The summed E-state index contributed by atoms with van der Waals surface area (Å²) >= 11 is 0. The van der Waals surface area contributed by atoms with E-state index < -0.39 is 0 Å². The number of hydrogen-bond donors (Lipinski definition) is 1. The topological polar surface area (TPSA) is 75.0 Å². The van der Waals surface area contributed by atoms with Gasteiger partial charge in [-0.25, -0.2) is 4.79 Å². The summed E-state index contributed by atoms with van der Waals surface area (Å²) in [5, 5.41) is 2.92. The highest BCUT2D eigenvalue weighted by molar-refractivity contribution is 5.93. The molecule has 7 heteroatoms. The molecule has 3 amide bonds. The van der Waals surface area contributed by atoms with Crippen LogP contribution in [0, 0.1) is 13.8 Å². The molecule has 0 fully saturated rings. The van der Waals surface area contributed by atoms with Gasteiger partial charge in [-0.1, -0.05) is 48.5 Å². The van der Waals surface area contributed by atoms with Crippen LogP contribution in [0.4, 0.5) is 10.5 Å². The first-order chi connectivity index (χ1) is 16.5. The molecule has 0 saturated heterocycles. The lowest BCUT2D eigenvalue weighted by Gasteiger charge is -2.27. The summed E-state index contributed by atoms with van der Waals surface area (Å²) in [7, 11) is 1.57. The molecule has 3 aromatic rings. The number of nitrogens with one attached hydrogen (secondary N) is 1. The fourth-order valence-corrected chi connectivity index (χ4v) is 3.58. The molecule has 3 rings (SSSR count). The third kappa shape index (κ3) is 7.49. The smallest absolute Gasteiger partial charge is 0.322 e. The molecule has 0 saturated carbocycles. The molecule has 34 heavy (non-hydrogen) atoms. The Hall–Kier alpha value is -3.58. The van der Waals surface area contributed by atoms with E-state index in [9.17, 15) is 9.59 Å². The highest BCUT2D eigenvalue weighted by Crippen LogP contribution is 2.15. The monoisotopic (exact) mass is 463 g/mol. The predicted octanol–water partition coefficient (Wildman–Crippen LogP) is 4.65. The van der Waals surface area contributed by atoms with Crippen LogP contribution in [-0.4, -0.2) is 55.1 Å². The number of urea groups is 1. The van der Waals surface area contributed by atoms with Crippen LogP contribution in [0.1, 0.15) is 22.6 Å². The van der Waals surface area contributed by atoms with Crippen LogP contribution in [0.15, 0.2) is 71.1 Å². The molecule has 0 unspecified atom stereocenters. The van der Waals surface area contributed by atoms with Gasteiger partial charge in [0, 0.05) is 25.9 Å². The Balaban J connectivity index is 1.72. The number of furan rings is 1. The number of carbonyl (C=O) groups is 2. The number of rotatable bonds is 11. The molecule has 1 aromatic heterocycles. The van der Waals surface area contributed by atoms with Gasteiger partial charge in [-0.3, -0.25) is 4.79 Å². The van der Waals surface area contributed by atoms with Gasteiger partial charge in [-0.15, -0.1) is 0 Å². The van der Waals surface area contributed by atoms with E-state index in [1.807, 2.05) is 80.6 Å². The van der Waals surface area contributed by atoms with E-state index in [1.54, 1.807) is 12.0 Å². The average Bonchev–Trinajstić information content (AvgIpc) is 3.25. The van der Waals surface area contributed by atoms with Gasteiger partial charge in [0.25, 0.3) is 0 Å². The number of benzene rings is 2. The maximum absolute atomic E-state index is 13.4. The largest absolute Gasteiger partial charge is 0.464 e. The first-order valence-electron chi connectivity index (χ1n) is 11.4. The van der Waals surface area contributed by atoms with E-state index in [1.165, 1.54) is 4.90 Å². The Morgan fingerprint density at radius 1 is 0.912 bits per heavy atom. The third-order valence-electron chi connectivity index (χ3n) is 5.57. The molecule has 1 N–H and O–H groups in total. The summed E-state index contributed by atoms with van der Waals surface area (Å²) in [6.45, 7) is 5.23. The van der Waals surface area contributed by atoms with Gasteiger partial charge >= 0.3 is 6.03 Å². The fourth-order valence-electron chi connectivity index (χ4n) is 3.58. The Labute approximate surface area is 201 Å². The average molecular weight is 464 g/mol. The first kappa shape index (κ1) is 25.1. The zero-order chi connectivity index (χ0) is 24.3. The molecule has 0 bridgehead atoms. The molecule has 2 aromatic carbocycles. The van der Waals surface area contributed by atoms with Crippen molar-refractivity contribution in [3.05, 3.63) is 89.4 Å². The van der Waals surface area contributed by atoms with E-state index in [0.29, 0.717) is 38.4 Å². The highest BCUT2D eigenvalue weighted by Gasteiger charge is 2.22. The lowest BCUT2D eigenvalue weighted by Crippen LogP contribution is -2.46. The molecule has 180 valence electrons. The van der Waals surface area contributed by atoms with Crippen LogP contribution in [0.2, 0.25) is 0 Å². The van der Waals surface area contributed by atoms with Crippen LogP contribution < -0.4 is 5.32 Å². The molecular formula is C27H33N3O4. The molecule has 0 aliphatic rings. The van der Waals surface area contributed by atoms with E-state index in [4.69, 9.17) is 9.15 Å². The van der Waals surface area contributed by atoms with Crippen molar-refractivity contribution in [1.82, 2.24) is 9.80 Å². The number of carbonyl (C=O) groups excluding carboxylic acids is 2. The Morgan fingerprint density at radius 3 is 2.32 bits per heavy atom. The highest BCUT2D eigenvalue weighted by atomic mass is 16.5. The molecule has 0 atom stereocenters. The van der Waals surface area contributed by atoms with Gasteiger partial charge in [-0.2, -0.15) is 0 Å². The second kappa shape index (κ2) is 12.6. The maximum Gasteiger partial charge on any atom is 0.322 e. The van der Waals surface area contributed by atoms with Crippen molar-refractivity contribution in [3.8, 4) is 0 Å².